The van der Waals surface area contributed by atoms with Crippen LogP contribution < -0.4 is 5.32 Å². The first kappa shape index (κ1) is 16.2. The van der Waals surface area contributed by atoms with E-state index in [-0.39, 0.29) is 11.8 Å². The first-order chi connectivity index (χ1) is 8.76. The van der Waals surface area contributed by atoms with Crippen LogP contribution in [0.15, 0.2) is 4.42 Å². The summed E-state index contributed by atoms with van der Waals surface area (Å²) >= 11 is 0. The minimum atomic E-state index is -2.88. The van der Waals surface area contributed by atoms with Gasteiger partial charge in [0.2, 0.25) is 0 Å². The van der Waals surface area contributed by atoms with Crippen molar-refractivity contribution in [3.8, 4) is 0 Å². The lowest BCUT2D eigenvalue weighted by atomic mass is 9.98. The molecule has 0 bridgehead atoms. The summed E-state index contributed by atoms with van der Waals surface area (Å²) in [6.45, 7) is 8.90. The fourth-order valence-electron chi connectivity index (χ4n) is 2.47. The van der Waals surface area contributed by atoms with E-state index in [4.69, 9.17) is 4.42 Å². The van der Waals surface area contributed by atoms with Gasteiger partial charge in [-0.25, -0.2) is 8.42 Å². The van der Waals surface area contributed by atoms with Gasteiger partial charge in [0.15, 0.2) is 0 Å². The van der Waals surface area contributed by atoms with Crippen LogP contribution >= 0.6 is 0 Å². The van der Waals surface area contributed by atoms with Crippen molar-refractivity contribution in [1.29, 1.82) is 0 Å². The third kappa shape index (κ3) is 4.66. The third-order valence-electron chi connectivity index (χ3n) is 3.42. The van der Waals surface area contributed by atoms with Crippen molar-refractivity contribution in [2.45, 2.75) is 46.6 Å². The van der Waals surface area contributed by atoms with Crippen molar-refractivity contribution in [3.63, 3.8) is 0 Å². The first-order valence-electron chi connectivity index (χ1n) is 6.73. The molecule has 0 saturated carbocycles. The van der Waals surface area contributed by atoms with Gasteiger partial charge < -0.3 is 9.73 Å². The highest BCUT2D eigenvalue weighted by molar-refractivity contribution is 7.90. The zero-order chi connectivity index (χ0) is 14.6. The van der Waals surface area contributed by atoms with Gasteiger partial charge in [-0.3, -0.25) is 0 Å². The largest absolute Gasteiger partial charge is 0.466 e. The summed E-state index contributed by atoms with van der Waals surface area (Å²) < 4.78 is 28.1. The summed E-state index contributed by atoms with van der Waals surface area (Å²) in [6, 6.07) is 0.171. The predicted molar refractivity (Wildman–Crippen MR) is 78.3 cm³/mol. The van der Waals surface area contributed by atoms with Gasteiger partial charge in [-0.1, -0.05) is 6.92 Å². The number of furan rings is 1. The Kier molecular flexibility index (Phi) is 5.62. The molecule has 5 heteroatoms. The molecule has 0 radical (unpaired) electrons. The molecule has 1 rings (SSSR count). The van der Waals surface area contributed by atoms with Crippen LogP contribution in [0.3, 0.4) is 0 Å². The lowest BCUT2D eigenvalue weighted by Gasteiger charge is -2.18. The molecule has 0 aliphatic rings. The molecule has 19 heavy (non-hydrogen) atoms. The van der Waals surface area contributed by atoms with Crippen molar-refractivity contribution >= 4 is 9.84 Å². The Morgan fingerprint density at radius 1 is 1.21 bits per heavy atom. The number of aryl methyl sites for hydroxylation is 2. The molecule has 0 aliphatic carbocycles. The summed E-state index contributed by atoms with van der Waals surface area (Å²) in [4.78, 5) is 0. The van der Waals surface area contributed by atoms with Crippen LogP contribution in [0, 0.1) is 20.8 Å². The minimum Gasteiger partial charge on any atom is -0.466 e. The van der Waals surface area contributed by atoms with E-state index in [0.717, 1.165) is 24.5 Å². The maximum Gasteiger partial charge on any atom is 0.147 e. The van der Waals surface area contributed by atoms with E-state index in [9.17, 15) is 8.42 Å². The SMILES string of the molecule is CCNC(CCCS(C)(=O)=O)c1c(C)oc(C)c1C. The molecule has 0 aliphatic heterocycles. The highest BCUT2D eigenvalue weighted by Gasteiger charge is 2.20. The monoisotopic (exact) mass is 287 g/mol. The third-order valence-corrected chi connectivity index (χ3v) is 4.45. The summed E-state index contributed by atoms with van der Waals surface area (Å²) in [5.74, 6) is 2.11. The maximum absolute atomic E-state index is 11.2. The lowest BCUT2D eigenvalue weighted by Crippen LogP contribution is -2.22. The fourth-order valence-corrected chi connectivity index (χ4v) is 3.16. The number of hydrogen-bond acceptors (Lipinski definition) is 4. The molecule has 0 fully saturated rings. The van der Waals surface area contributed by atoms with Crippen LogP contribution in [0.4, 0.5) is 0 Å². The molecule has 110 valence electrons. The van der Waals surface area contributed by atoms with Crippen LogP contribution in [0.1, 0.15) is 48.5 Å². The first-order valence-corrected chi connectivity index (χ1v) is 8.80. The zero-order valence-electron chi connectivity index (χ0n) is 12.5. The van der Waals surface area contributed by atoms with Crippen molar-refractivity contribution < 1.29 is 12.8 Å². The Labute approximate surface area is 116 Å². The van der Waals surface area contributed by atoms with Crippen molar-refractivity contribution in [3.05, 3.63) is 22.6 Å². The number of nitrogens with one attached hydrogen (secondary N) is 1. The Bertz CT molecular complexity index is 517. The highest BCUT2D eigenvalue weighted by atomic mass is 32.2. The van der Waals surface area contributed by atoms with Crippen LogP contribution in [0.25, 0.3) is 0 Å². The number of sulfone groups is 1. The number of hydrogen-bond donors (Lipinski definition) is 1. The van der Waals surface area contributed by atoms with Gasteiger partial charge >= 0.3 is 0 Å². The van der Waals surface area contributed by atoms with Gasteiger partial charge in [-0.05, 0) is 45.7 Å². The standard InChI is InChI=1S/C14H25NO3S/c1-6-15-13(8-7-9-19(5,16)17)14-10(2)11(3)18-12(14)4/h13,15H,6-9H2,1-5H3. The van der Waals surface area contributed by atoms with Crippen molar-refractivity contribution in [1.82, 2.24) is 5.32 Å². The molecule has 1 aromatic rings. The van der Waals surface area contributed by atoms with Gasteiger partial charge in [0, 0.05) is 23.6 Å². The second-order valence-electron chi connectivity index (χ2n) is 5.14. The second kappa shape index (κ2) is 6.57. The summed E-state index contributed by atoms with van der Waals surface area (Å²) in [6.07, 6.45) is 2.76. The van der Waals surface area contributed by atoms with Gasteiger partial charge in [0.25, 0.3) is 0 Å². The molecule has 0 saturated heterocycles. The molecule has 1 N–H and O–H groups in total. The number of rotatable bonds is 7. The average Bonchev–Trinajstić information content (AvgIpc) is 2.50. The minimum absolute atomic E-state index is 0.171. The van der Waals surface area contributed by atoms with E-state index in [0.29, 0.717) is 6.42 Å². The highest BCUT2D eigenvalue weighted by Crippen LogP contribution is 2.29. The molecular formula is C14H25NO3S. The Morgan fingerprint density at radius 2 is 1.84 bits per heavy atom. The molecule has 1 atom stereocenters. The normalized spacial score (nSPS) is 13.7. The quantitative estimate of drug-likeness (QED) is 0.837. The Morgan fingerprint density at radius 3 is 2.26 bits per heavy atom. The summed E-state index contributed by atoms with van der Waals surface area (Å²) in [5, 5.41) is 3.43. The Hall–Kier alpha value is -0.810. The van der Waals surface area contributed by atoms with E-state index >= 15 is 0 Å². The molecule has 1 unspecified atom stereocenters. The van der Waals surface area contributed by atoms with Crippen molar-refractivity contribution in [2.24, 2.45) is 0 Å². The molecule has 0 amide bonds. The topological polar surface area (TPSA) is 59.3 Å². The van der Waals surface area contributed by atoms with Crippen LogP contribution in [0.5, 0.6) is 0 Å². The van der Waals surface area contributed by atoms with Gasteiger partial charge in [0.1, 0.15) is 21.4 Å². The average molecular weight is 287 g/mol. The predicted octanol–water partition coefficient (Wildman–Crippen LogP) is 2.68. The van der Waals surface area contributed by atoms with Gasteiger partial charge in [0.05, 0.1) is 0 Å². The summed E-state index contributed by atoms with van der Waals surface area (Å²) in [5.41, 5.74) is 2.36. The second-order valence-corrected chi connectivity index (χ2v) is 7.40. The van der Waals surface area contributed by atoms with Crippen molar-refractivity contribution in [2.75, 3.05) is 18.6 Å². The lowest BCUT2D eigenvalue weighted by molar-refractivity contribution is 0.472. The zero-order valence-corrected chi connectivity index (χ0v) is 13.4. The molecule has 0 spiro atoms. The van der Waals surface area contributed by atoms with Gasteiger partial charge in [-0.15, -0.1) is 0 Å². The fraction of sp³-hybridized carbons (Fsp3) is 0.714. The molecular weight excluding hydrogens is 262 g/mol. The van der Waals surface area contributed by atoms with Gasteiger partial charge in [-0.2, -0.15) is 0 Å². The van der Waals surface area contributed by atoms with E-state index in [1.165, 1.54) is 17.4 Å². The summed E-state index contributed by atoms with van der Waals surface area (Å²) in [7, 11) is -2.88. The van der Waals surface area contributed by atoms with Crippen LogP contribution in [0.2, 0.25) is 0 Å². The van der Waals surface area contributed by atoms with E-state index in [2.05, 4.69) is 19.2 Å². The van der Waals surface area contributed by atoms with E-state index in [1.54, 1.807) is 0 Å². The molecule has 1 aromatic heterocycles. The van der Waals surface area contributed by atoms with E-state index < -0.39 is 9.84 Å². The Balaban J connectivity index is 2.82. The van der Waals surface area contributed by atoms with Crippen LogP contribution in [-0.4, -0.2) is 27.0 Å². The maximum atomic E-state index is 11.2. The molecule has 4 nitrogen and oxygen atoms in total. The van der Waals surface area contributed by atoms with E-state index in [1.807, 2.05) is 13.8 Å². The molecule has 1 heterocycles. The molecule has 0 aromatic carbocycles. The van der Waals surface area contributed by atoms with Crippen LogP contribution in [-0.2, 0) is 9.84 Å². The smallest absolute Gasteiger partial charge is 0.147 e.